The second-order valence-electron chi connectivity index (χ2n) is 4.43. The summed E-state index contributed by atoms with van der Waals surface area (Å²) in [5.41, 5.74) is 10.9. The van der Waals surface area contributed by atoms with Crippen molar-refractivity contribution < 1.29 is 5.11 Å². The normalized spacial score (nSPS) is 9.88. The highest BCUT2D eigenvalue weighted by Gasteiger charge is 1.91. The van der Waals surface area contributed by atoms with Gasteiger partial charge in [-0.15, -0.1) is 0 Å². The summed E-state index contributed by atoms with van der Waals surface area (Å²) in [5.74, 6) is 0. The molecule has 0 spiro atoms. The first-order valence-corrected chi connectivity index (χ1v) is 7.34. The molecule has 0 saturated heterocycles. The van der Waals surface area contributed by atoms with Gasteiger partial charge in [0.1, 0.15) is 0 Å². The van der Waals surface area contributed by atoms with Crippen LogP contribution >= 0.6 is 0 Å². The van der Waals surface area contributed by atoms with Crippen molar-refractivity contribution in [1.29, 1.82) is 0 Å². The Morgan fingerprint density at radius 2 is 0.765 bits per heavy atom. The molecule has 17 heavy (non-hydrogen) atoms. The molecule has 0 atom stereocenters. The zero-order valence-corrected chi connectivity index (χ0v) is 11.8. The molecular formula is C14H34N2O. The molecule has 3 nitrogen and oxygen atoms in total. The lowest BCUT2D eigenvalue weighted by molar-refractivity contribution is 0.318. The SMILES string of the molecule is CCO.NCCCCCCCCCCCCN. The molecule has 5 N–H and O–H groups in total. The van der Waals surface area contributed by atoms with Gasteiger partial charge in [-0.25, -0.2) is 0 Å². The molecule has 0 bridgehead atoms. The molecule has 0 aromatic heterocycles. The second-order valence-corrected chi connectivity index (χ2v) is 4.43. The van der Waals surface area contributed by atoms with Gasteiger partial charge in [0, 0.05) is 6.61 Å². The molecule has 0 rings (SSSR count). The first-order valence-electron chi connectivity index (χ1n) is 7.34. The molecule has 3 heteroatoms. The molecule has 0 unspecified atom stereocenters. The van der Waals surface area contributed by atoms with Gasteiger partial charge in [0.25, 0.3) is 0 Å². The minimum Gasteiger partial charge on any atom is -0.397 e. The number of nitrogens with two attached hydrogens (primary N) is 2. The Bertz CT molecular complexity index is 98.4. The Kier molecular flexibility index (Phi) is 24.0. The van der Waals surface area contributed by atoms with Gasteiger partial charge in [-0.05, 0) is 32.9 Å². The van der Waals surface area contributed by atoms with Crippen molar-refractivity contribution in [3.05, 3.63) is 0 Å². The summed E-state index contributed by atoms with van der Waals surface area (Å²) >= 11 is 0. The van der Waals surface area contributed by atoms with Crippen LogP contribution in [0.4, 0.5) is 0 Å². The molecule has 0 aliphatic carbocycles. The second kappa shape index (κ2) is 21.2. The summed E-state index contributed by atoms with van der Waals surface area (Å²) in [7, 11) is 0. The van der Waals surface area contributed by atoms with Crippen molar-refractivity contribution in [2.75, 3.05) is 19.7 Å². The predicted molar refractivity (Wildman–Crippen MR) is 77.0 cm³/mol. The van der Waals surface area contributed by atoms with Crippen molar-refractivity contribution in [1.82, 2.24) is 0 Å². The number of rotatable bonds is 11. The third-order valence-electron chi connectivity index (χ3n) is 2.66. The van der Waals surface area contributed by atoms with Gasteiger partial charge in [-0.2, -0.15) is 0 Å². The van der Waals surface area contributed by atoms with Gasteiger partial charge >= 0.3 is 0 Å². The van der Waals surface area contributed by atoms with Crippen molar-refractivity contribution in [2.45, 2.75) is 71.1 Å². The molecular weight excluding hydrogens is 212 g/mol. The summed E-state index contributed by atoms with van der Waals surface area (Å²) in [6, 6.07) is 0. The van der Waals surface area contributed by atoms with Crippen LogP contribution < -0.4 is 11.5 Å². The van der Waals surface area contributed by atoms with Crippen molar-refractivity contribution in [3.63, 3.8) is 0 Å². The molecule has 0 aliphatic heterocycles. The molecule has 0 fully saturated rings. The molecule has 0 aromatic carbocycles. The van der Waals surface area contributed by atoms with Crippen molar-refractivity contribution in [3.8, 4) is 0 Å². The van der Waals surface area contributed by atoms with Crippen LogP contribution in [-0.2, 0) is 0 Å². The topological polar surface area (TPSA) is 72.3 Å². The molecule has 0 radical (unpaired) electrons. The van der Waals surface area contributed by atoms with E-state index in [0.29, 0.717) is 0 Å². The number of unbranched alkanes of at least 4 members (excludes halogenated alkanes) is 9. The average molecular weight is 246 g/mol. The van der Waals surface area contributed by atoms with E-state index in [4.69, 9.17) is 16.6 Å². The quantitative estimate of drug-likeness (QED) is 0.491. The fourth-order valence-electron chi connectivity index (χ4n) is 1.70. The van der Waals surface area contributed by atoms with E-state index in [9.17, 15) is 0 Å². The van der Waals surface area contributed by atoms with E-state index >= 15 is 0 Å². The Hall–Kier alpha value is -0.120. The van der Waals surface area contributed by atoms with Crippen LogP contribution in [0, 0.1) is 0 Å². The van der Waals surface area contributed by atoms with Crippen molar-refractivity contribution in [2.24, 2.45) is 11.5 Å². The van der Waals surface area contributed by atoms with Gasteiger partial charge in [0.15, 0.2) is 0 Å². The van der Waals surface area contributed by atoms with E-state index in [1.165, 1.54) is 64.2 Å². The van der Waals surface area contributed by atoms with Gasteiger partial charge in [0.05, 0.1) is 0 Å². The molecule has 0 heterocycles. The fraction of sp³-hybridized carbons (Fsp3) is 1.00. The number of hydrogen-bond acceptors (Lipinski definition) is 3. The minimum absolute atomic E-state index is 0.250. The highest BCUT2D eigenvalue weighted by molar-refractivity contribution is 4.48. The highest BCUT2D eigenvalue weighted by atomic mass is 16.2. The fourth-order valence-corrected chi connectivity index (χ4v) is 1.70. The van der Waals surface area contributed by atoms with Crippen LogP contribution in [0.5, 0.6) is 0 Å². The van der Waals surface area contributed by atoms with Gasteiger partial charge in [0.2, 0.25) is 0 Å². The van der Waals surface area contributed by atoms with Crippen LogP contribution in [0.2, 0.25) is 0 Å². The molecule has 0 saturated carbocycles. The maximum atomic E-state index is 7.57. The number of hydrogen-bond donors (Lipinski definition) is 3. The van der Waals surface area contributed by atoms with E-state index < -0.39 is 0 Å². The maximum Gasteiger partial charge on any atom is 0.0402 e. The minimum atomic E-state index is 0.250. The van der Waals surface area contributed by atoms with E-state index in [-0.39, 0.29) is 6.61 Å². The molecule has 106 valence electrons. The lowest BCUT2D eigenvalue weighted by Crippen LogP contribution is -1.97. The van der Waals surface area contributed by atoms with E-state index in [0.717, 1.165) is 13.1 Å². The smallest absolute Gasteiger partial charge is 0.0402 e. The third-order valence-corrected chi connectivity index (χ3v) is 2.66. The van der Waals surface area contributed by atoms with Crippen LogP contribution in [0.3, 0.4) is 0 Å². The first-order chi connectivity index (χ1) is 8.33. The number of aliphatic hydroxyl groups is 1. The summed E-state index contributed by atoms with van der Waals surface area (Å²) in [5, 5.41) is 7.57. The predicted octanol–water partition coefficient (Wildman–Crippen LogP) is 2.80. The van der Waals surface area contributed by atoms with Gasteiger partial charge in [-0.3, -0.25) is 0 Å². The third kappa shape index (κ3) is 25.8. The number of aliphatic hydroxyl groups excluding tert-OH is 1. The van der Waals surface area contributed by atoms with Crippen LogP contribution in [0.25, 0.3) is 0 Å². The van der Waals surface area contributed by atoms with E-state index in [1.807, 2.05) is 0 Å². The van der Waals surface area contributed by atoms with E-state index in [1.54, 1.807) is 6.92 Å². The van der Waals surface area contributed by atoms with Gasteiger partial charge in [-0.1, -0.05) is 51.4 Å². The van der Waals surface area contributed by atoms with E-state index in [2.05, 4.69) is 0 Å². The monoisotopic (exact) mass is 246 g/mol. The van der Waals surface area contributed by atoms with Crippen LogP contribution in [0.15, 0.2) is 0 Å². The van der Waals surface area contributed by atoms with Crippen LogP contribution in [-0.4, -0.2) is 24.8 Å². The lowest BCUT2D eigenvalue weighted by atomic mass is 10.1. The summed E-state index contributed by atoms with van der Waals surface area (Å²) in [4.78, 5) is 0. The Morgan fingerprint density at radius 3 is 0.941 bits per heavy atom. The summed E-state index contributed by atoms with van der Waals surface area (Å²) < 4.78 is 0. The average Bonchev–Trinajstić information content (AvgIpc) is 2.33. The zero-order chi connectivity index (χ0) is 13.2. The zero-order valence-electron chi connectivity index (χ0n) is 11.8. The molecule has 0 aliphatic rings. The molecule has 0 aromatic rings. The Balaban J connectivity index is 0. The highest BCUT2D eigenvalue weighted by Crippen LogP contribution is 2.09. The standard InChI is InChI=1S/C12H28N2.C2H6O/c13-11-9-7-5-3-1-2-4-6-8-10-12-14;1-2-3/h1-14H2;3H,2H2,1H3. The maximum absolute atomic E-state index is 7.57. The Labute approximate surface area is 108 Å². The lowest BCUT2D eigenvalue weighted by Gasteiger charge is -2.01. The Morgan fingerprint density at radius 1 is 0.588 bits per heavy atom. The van der Waals surface area contributed by atoms with Crippen LogP contribution in [0.1, 0.15) is 71.1 Å². The summed E-state index contributed by atoms with van der Waals surface area (Å²) in [6.45, 7) is 3.65. The largest absolute Gasteiger partial charge is 0.397 e. The summed E-state index contributed by atoms with van der Waals surface area (Å²) in [6.07, 6.45) is 13.4. The van der Waals surface area contributed by atoms with Gasteiger partial charge < -0.3 is 16.6 Å². The van der Waals surface area contributed by atoms with Crippen molar-refractivity contribution >= 4 is 0 Å². The molecule has 0 amide bonds. The first kappa shape index (κ1) is 19.2.